The van der Waals surface area contributed by atoms with Crippen LogP contribution in [-0.2, 0) is 4.79 Å². The van der Waals surface area contributed by atoms with Gasteiger partial charge < -0.3 is 14.8 Å². The van der Waals surface area contributed by atoms with E-state index in [9.17, 15) is 9.59 Å². The van der Waals surface area contributed by atoms with E-state index in [4.69, 9.17) is 9.52 Å². The average Bonchev–Trinajstić information content (AvgIpc) is 2.90. The van der Waals surface area contributed by atoms with Crippen molar-refractivity contribution >= 4 is 23.0 Å². The molecule has 0 aliphatic heterocycles. The van der Waals surface area contributed by atoms with Crippen LogP contribution in [0.1, 0.15) is 30.6 Å². The van der Waals surface area contributed by atoms with Gasteiger partial charge in [-0.1, -0.05) is 20.3 Å². The van der Waals surface area contributed by atoms with Crippen molar-refractivity contribution in [3.05, 3.63) is 30.2 Å². The first-order chi connectivity index (χ1) is 9.52. The fraction of sp³-hybridized carbons (Fsp3) is 0.357. The van der Waals surface area contributed by atoms with Gasteiger partial charge in [0.05, 0.1) is 0 Å². The first kappa shape index (κ1) is 14.0. The minimum absolute atomic E-state index is 0.146. The van der Waals surface area contributed by atoms with Crippen LogP contribution < -0.4 is 5.32 Å². The van der Waals surface area contributed by atoms with Crippen molar-refractivity contribution in [3.8, 4) is 0 Å². The maximum absolute atomic E-state index is 12.1. The van der Waals surface area contributed by atoms with E-state index in [1.807, 2.05) is 6.92 Å². The van der Waals surface area contributed by atoms with Gasteiger partial charge in [-0.25, -0.2) is 9.78 Å². The maximum Gasteiger partial charge on any atom is 0.326 e. The third-order valence-corrected chi connectivity index (χ3v) is 3.36. The smallest absolute Gasteiger partial charge is 0.326 e. The number of carboxylic acids is 1. The number of nitrogens with one attached hydrogen (secondary N) is 1. The Morgan fingerprint density at radius 2 is 2.20 bits per heavy atom. The SMILES string of the molecule is CCC(C)C(NC(=O)c1ccc2ocnc2c1)C(=O)O. The number of rotatable bonds is 5. The number of nitrogens with zero attached hydrogens (tertiary/aromatic N) is 1. The third kappa shape index (κ3) is 2.79. The molecule has 0 spiro atoms. The van der Waals surface area contributed by atoms with Crippen LogP contribution >= 0.6 is 0 Å². The van der Waals surface area contributed by atoms with Crippen molar-refractivity contribution in [1.29, 1.82) is 0 Å². The Bertz CT molecular complexity index is 635. The van der Waals surface area contributed by atoms with E-state index in [-0.39, 0.29) is 5.92 Å². The topological polar surface area (TPSA) is 92.4 Å². The molecule has 0 saturated heterocycles. The summed E-state index contributed by atoms with van der Waals surface area (Å²) < 4.78 is 5.09. The average molecular weight is 276 g/mol. The van der Waals surface area contributed by atoms with Crippen LogP contribution in [0.5, 0.6) is 0 Å². The Morgan fingerprint density at radius 1 is 1.45 bits per heavy atom. The fourth-order valence-electron chi connectivity index (χ4n) is 1.91. The highest BCUT2D eigenvalue weighted by Crippen LogP contribution is 2.15. The molecule has 2 atom stereocenters. The Morgan fingerprint density at radius 3 is 2.85 bits per heavy atom. The summed E-state index contributed by atoms with van der Waals surface area (Å²) in [4.78, 5) is 27.3. The van der Waals surface area contributed by atoms with Crippen LogP contribution in [-0.4, -0.2) is 28.0 Å². The fourth-order valence-corrected chi connectivity index (χ4v) is 1.91. The number of carboxylic acid groups (broad SMARTS) is 1. The number of benzene rings is 1. The molecule has 2 aromatic rings. The molecule has 1 amide bonds. The molecular formula is C14H16N2O4. The Kier molecular flexibility index (Phi) is 4.02. The molecule has 1 aromatic carbocycles. The molecule has 0 bridgehead atoms. The summed E-state index contributed by atoms with van der Waals surface area (Å²) in [5.41, 5.74) is 1.51. The quantitative estimate of drug-likeness (QED) is 0.872. The largest absolute Gasteiger partial charge is 0.480 e. The molecule has 0 aliphatic rings. The predicted octanol–water partition coefficient (Wildman–Crippen LogP) is 2.06. The molecule has 106 valence electrons. The zero-order valence-corrected chi connectivity index (χ0v) is 11.3. The van der Waals surface area contributed by atoms with Gasteiger partial charge in [-0.05, 0) is 24.1 Å². The summed E-state index contributed by atoms with van der Waals surface area (Å²) in [6.07, 6.45) is 1.96. The number of aliphatic carboxylic acids is 1. The normalized spacial score (nSPS) is 13.9. The lowest BCUT2D eigenvalue weighted by Gasteiger charge is -2.20. The molecule has 20 heavy (non-hydrogen) atoms. The number of carbonyl (C=O) groups excluding carboxylic acids is 1. The number of carbonyl (C=O) groups is 2. The first-order valence-electron chi connectivity index (χ1n) is 6.39. The molecule has 6 nitrogen and oxygen atoms in total. The Hall–Kier alpha value is -2.37. The summed E-state index contributed by atoms with van der Waals surface area (Å²) in [7, 11) is 0. The molecule has 2 unspecified atom stereocenters. The Balaban J connectivity index is 2.19. The van der Waals surface area contributed by atoms with Crippen molar-refractivity contribution in [2.24, 2.45) is 5.92 Å². The van der Waals surface area contributed by atoms with Crippen molar-refractivity contribution in [2.45, 2.75) is 26.3 Å². The van der Waals surface area contributed by atoms with Gasteiger partial charge in [-0.15, -0.1) is 0 Å². The molecule has 0 fully saturated rings. The maximum atomic E-state index is 12.1. The summed E-state index contributed by atoms with van der Waals surface area (Å²) in [5, 5.41) is 11.7. The van der Waals surface area contributed by atoms with E-state index in [0.29, 0.717) is 23.1 Å². The predicted molar refractivity (Wildman–Crippen MR) is 72.4 cm³/mol. The van der Waals surface area contributed by atoms with E-state index in [1.54, 1.807) is 25.1 Å². The van der Waals surface area contributed by atoms with E-state index < -0.39 is 17.9 Å². The van der Waals surface area contributed by atoms with Gasteiger partial charge in [0.1, 0.15) is 11.6 Å². The van der Waals surface area contributed by atoms with Gasteiger partial charge in [-0.2, -0.15) is 0 Å². The van der Waals surface area contributed by atoms with Gasteiger partial charge in [0.25, 0.3) is 5.91 Å². The molecule has 1 aromatic heterocycles. The van der Waals surface area contributed by atoms with E-state index in [1.165, 1.54) is 6.39 Å². The zero-order chi connectivity index (χ0) is 14.7. The summed E-state index contributed by atoms with van der Waals surface area (Å²) in [6, 6.07) is 3.89. The highest BCUT2D eigenvalue weighted by atomic mass is 16.4. The standard InChI is InChI=1S/C14H16N2O4/c1-3-8(2)12(14(18)19)16-13(17)9-4-5-11-10(6-9)15-7-20-11/h4-8,12H,3H2,1-2H3,(H,16,17)(H,18,19). The van der Waals surface area contributed by atoms with Gasteiger partial charge >= 0.3 is 5.97 Å². The van der Waals surface area contributed by atoms with Crippen molar-refractivity contribution < 1.29 is 19.1 Å². The summed E-state index contributed by atoms with van der Waals surface area (Å²) in [6.45, 7) is 3.67. The van der Waals surface area contributed by atoms with Crippen LogP contribution in [0.3, 0.4) is 0 Å². The Labute approximate surface area is 115 Å². The minimum Gasteiger partial charge on any atom is -0.480 e. The highest BCUT2D eigenvalue weighted by Gasteiger charge is 2.25. The minimum atomic E-state index is -1.03. The molecule has 1 heterocycles. The zero-order valence-electron chi connectivity index (χ0n) is 11.3. The van der Waals surface area contributed by atoms with Gasteiger partial charge in [0, 0.05) is 5.56 Å². The number of fused-ring (bicyclic) bond motifs is 1. The van der Waals surface area contributed by atoms with Crippen LogP contribution in [0.15, 0.2) is 29.0 Å². The van der Waals surface area contributed by atoms with Crippen molar-refractivity contribution in [2.75, 3.05) is 0 Å². The molecular weight excluding hydrogens is 260 g/mol. The van der Waals surface area contributed by atoms with Gasteiger partial charge in [-0.3, -0.25) is 4.79 Å². The number of amides is 1. The molecule has 2 N–H and O–H groups in total. The molecule has 2 rings (SSSR count). The number of hydrogen-bond donors (Lipinski definition) is 2. The van der Waals surface area contributed by atoms with Crippen LogP contribution in [0.25, 0.3) is 11.1 Å². The van der Waals surface area contributed by atoms with Gasteiger partial charge in [0.15, 0.2) is 12.0 Å². The van der Waals surface area contributed by atoms with Crippen molar-refractivity contribution in [1.82, 2.24) is 10.3 Å². The molecule has 0 saturated carbocycles. The lowest BCUT2D eigenvalue weighted by atomic mass is 9.99. The van der Waals surface area contributed by atoms with Crippen molar-refractivity contribution in [3.63, 3.8) is 0 Å². The number of hydrogen-bond acceptors (Lipinski definition) is 4. The second-order valence-corrected chi connectivity index (χ2v) is 4.71. The van der Waals surface area contributed by atoms with E-state index >= 15 is 0 Å². The highest BCUT2D eigenvalue weighted by molar-refractivity contribution is 5.98. The molecule has 6 heteroatoms. The molecule has 0 aliphatic carbocycles. The lowest BCUT2D eigenvalue weighted by Crippen LogP contribution is -2.45. The number of oxazole rings is 1. The number of aromatic nitrogens is 1. The second kappa shape index (κ2) is 5.73. The van der Waals surface area contributed by atoms with Gasteiger partial charge in [0.2, 0.25) is 0 Å². The first-order valence-corrected chi connectivity index (χ1v) is 6.39. The van der Waals surface area contributed by atoms with E-state index in [0.717, 1.165) is 0 Å². The summed E-state index contributed by atoms with van der Waals surface area (Å²) in [5.74, 6) is -1.61. The summed E-state index contributed by atoms with van der Waals surface area (Å²) >= 11 is 0. The van der Waals surface area contributed by atoms with E-state index in [2.05, 4.69) is 10.3 Å². The lowest BCUT2D eigenvalue weighted by molar-refractivity contribution is -0.140. The second-order valence-electron chi connectivity index (χ2n) is 4.71. The van der Waals surface area contributed by atoms with Crippen LogP contribution in [0, 0.1) is 5.92 Å². The van der Waals surface area contributed by atoms with Crippen LogP contribution in [0.4, 0.5) is 0 Å². The third-order valence-electron chi connectivity index (χ3n) is 3.36. The van der Waals surface area contributed by atoms with Crippen LogP contribution in [0.2, 0.25) is 0 Å². The monoisotopic (exact) mass is 276 g/mol. The molecule has 0 radical (unpaired) electrons.